The van der Waals surface area contributed by atoms with Crippen molar-refractivity contribution in [1.82, 2.24) is 5.32 Å². The van der Waals surface area contributed by atoms with Crippen LogP contribution in [0.15, 0.2) is 18.2 Å². The van der Waals surface area contributed by atoms with E-state index in [4.69, 9.17) is 5.11 Å². The number of hydrogen-bond donors (Lipinski definition) is 2. The number of rotatable bonds is 5. The van der Waals surface area contributed by atoms with Crippen LogP contribution in [0.1, 0.15) is 29.3 Å². The van der Waals surface area contributed by atoms with Crippen molar-refractivity contribution in [3.63, 3.8) is 0 Å². The molecule has 1 rings (SSSR count). The van der Waals surface area contributed by atoms with E-state index in [0.29, 0.717) is 18.5 Å². The Morgan fingerprint density at radius 3 is 2.86 bits per heavy atom. The molecule has 6 heteroatoms. The molecule has 0 aliphatic carbocycles. The monoisotopic (exact) mass is 311 g/mol. The van der Waals surface area contributed by atoms with E-state index in [0.717, 1.165) is 6.07 Å². The SMILES string of the molecule is CC(CCNC(=O)c1cc(F)ccc1C#CCO)S(C)=O. The Hall–Kier alpha value is -1.71. The molecule has 21 heavy (non-hydrogen) atoms. The molecule has 0 aliphatic heterocycles. The summed E-state index contributed by atoms with van der Waals surface area (Å²) in [5, 5.41) is 11.3. The van der Waals surface area contributed by atoms with Crippen molar-refractivity contribution in [2.75, 3.05) is 19.4 Å². The number of aliphatic hydroxyl groups is 1. The first kappa shape index (κ1) is 17.3. The van der Waals surface area contributed by atoms with Crippen LogP contribution in [0.25, 0.3) is 0 Å². The molecule has 1 aromatic carbocycles. The van der Waals surface area contributed by atoms with E-state index in [1.807, 2.05) is 6.92 Å². The topological polar surface area (TPSA) is 66.4 Å². The second-order valence-corrected chi connectivity index (χ2v) is 6.31. The van der Waals surface area contributed by atoms with Crippen molar-refractivity contribution in [3.8, 4) is 11.8 Å². The van der Waals surface area contributed by atoms with Crippen LogP contribution >= 0.6 is 0 Å². The van der Waals surface area contributed by atoms with E-state index in [1.54, 1.807) is 6.26 Å². The lowest BCUT2D eigenvalue weighted by Crippen LogP contribution is -2.28. The number of carbonyl (C=O) groups excluding carboxylic acids is 1. The van der Waals surface area contributed by atoms with Crippen molar-refractivity contribution in [1.29, 1.82) is 0 Å². The predicted molar refractivity (Wildman–Crippen MR) is 80.8 cm³/mol. The molecule has 0 bridgehead atoms. The highest BCUT2D eigenvalue weighted by Gasteiger charge is 2.12. The number of aliphatic hydroxyl groups excluding tert-OH is 1. The summed E-state index contributed by atoms with van der Waals surface area (Å²) in [6.45, 7) is 1.85. The summed E-state index contributed by atoms with van der Waals surface area (Å²) < 4.78 is 24.5. The minimum absolute atomic E-state index is 0.0218. The highest BCUT2D eigenvalue weighted by Crippen LogP contribution is 2.10. The minimum Gasteiger partial charge on any atom is -0.384 e. The van der Waals surface area contributed by atoms with E-state index in [1.165, 1.54) is 12.1 Å². The van der Waals surface area contributed by atoms with E-state index in [9.17, 15) is 13.4 Å². The first-order valence-corrected chi connectivity index (χ1v) is 8.07. The molecule has 0 aromatic heterocycles. The second kappa shape index (κ2) is 8.55. The maximum atomic E-state index is 13.3. The molecule has 2 N–H and O–H groups in total. The first-order valence-electron chi connectivity index (χ1n) is 6.45. The van der Waals surface area contributed by atoms with Crippen LogP contribution in [0.3, 0.4) is 0 Å². The largest absolute Gasteiger partial charge is 0.384 e. The molecule has 0 spiro atoms. The van der Waals surface area contributed by atoms with Gasteiger partial charge >= 0.3 is 0 Å². The van der Waals surface area contributed by atoms with Crippen molar-refractivity contribution in [2.45, 2.75) is 18.6 Å². The molecular formula is C15H18FNO3S. The van der Waals surface area contributed by atoms with E-state index in [-0.39, 0.29) is 17.4 Å². The maximum Gasteiger partial charge on any atom is 0.252 e. The standard InChI is InChI=1S/C15H18FNO3S/c1-11(21(2)20)7-8-17-15(19)14-10-13(16)6-5-12(14)4-3-9-18/h5-6,10-11,18H,7-9H2,1-2H3,(H,17,19). The molecule has 0 saturated heterocycles. The number of hydrogen-bond acceptors (Lipinski definition) is 3. The predicted octanol–water partition coefficient (Wildman–Crippen LogP) is 1.06. The van der Waals surface area contributed by atoms with Crippen LogP contribution < -0.4 is 5.32 Å². The van der Waals surface area contributed by atoms with Crippen molar-refractivity contribution in [2.24, 2.45) is 0 Å². The summed E-state index contributed by atoms with van der Waals surface area (Å²) in [4.78, 5) is 12.0. The van der Waals surface area contributed by atoms with Crippen molar-refractivity contribution < 1.29 is 18.5 Å². The lowest BCUT2D eigenvalue weighted by molar-refractivity contribution is 0.0952. The molecule has 0 fully saturated rings. The van der Waals surface area contributed by atoms with Gasteiger partial charge in [0.15, 0.2) is 0 Å². The van der Waals surface area contributed by atoms with Gasteiger partial charge in [0.05, 0.1) is 5.56 Å². The lowest BCUT2D eigenvalue weighted by atomic mass is 10.1. The van der Waals surface area contributed by atoms with Gasteiger partial charge in [0.2, 0.25) is 0 Å². The summed E-state index contributed by atoms with van der Waals surface area (Å²) >= 11 is 0. The average molecular weight is 311 g/mol. The Kier molecular flexibility index (Phi) is 7.06. The molecule has 4 nitrogen and oxygen atoms in total. The average Bonchev–Trinajstić information content (AvgIpc) is 2.45. The van der Waals surface area contributed by atoms with E-state index < -0.39 is 22.5 Å². The summed E-state index contributed by atoms with van der Waals surface area (Å²) in [6.07, 6.45) is 2.18. The Balaban J connectivity index is 2.77. The van der Waals surface area contributed by atoms with Gasteiger partial charge < -0.3 is 10.4 Å². The summed E-state index contributed by atoms with van der Waals surface area (Å²) in [5.41, 5.74) is 0.483. The van der Waals surface area contributed by atoms with E-state index >= 15 is 0 Å². The van der Waals surface area contributed by atoms with Crippen LogP contribution in [0.4, 0.5) is 4.39 Å². The Labute approximate surface area is 126 Å². The molecular weight excluding hydrogens is 293 g/mol. The van der Waals surface area contributed by atoms with Crippen LogP contribution in [-0.4, -0.2) is 39.9 Å². The van der Waals surface area contributed by atoms with Gasteiger partial charge in [-0.3, -0.25) is 9.00 Å². The molecule has 1 amide bonds. The van der Waals surface area contributed by atoms with Crippen LogP contribution in [-0.2, 0) is 10.8 Å². The fraction of sp³-hybridized carbons (Fsp3) is 0.400. The first-order chi connectivity index (χ1) is 9.95. The highest BCUT2D eigenvalue weighted by atomic mass is 32.2. The lowest BCUT2D eigenvalue weighted by Gasteiger charge is -2.10. The summed E-state index contributed by atoms with van der Waals surface area (Å²) in [5.74, 6) is 4.07. The van der Waals surface area contributed by atoms with Crippen LogP contribution in [0.5, 0.6) is 0 Å². The zero-order valence-electron chi connectivity index (χ0n) is 12.0. The zero-order chi connectivity index (χ0) is 15.8. The van der Waals surface area contributed by atoms with Gasteiger partial charge in [-0.15, -0.1) is 0 Å². The summed E-state index contributed by atoms with van der Waals surface area (Å²) in [7, 11) is -0.943. The van der Waals surface area contributed by atoms with Gasteiger partial charge in [0.1, 0.15) is 12.4 Å². The molecule has 2 atom stereocenters. The maximum absolute atomic E-state index is 13.3. The molecule has 1 aromatic rings. The van der Waals surface area contributed by atoms with Crippen molar-refractivity contribution in [3.05, 3.63) is 35.1 Å². The number of amides is 1. The van der Waals surface area contributed by atoms with Crippen LogP contribution in [0, 0.1) is 17.7 Å². The van der Waals surface area contributed by atoms with Gasteiger partial charge in [-0.25, -0.2) is 4.39 Å². The Morgan fingerprint density at radius 1 is 1.52 bits per heavy atom. The molecule has 2 unspecified atom stereocenters. The molecule has 0 radical (unpaired) electrons. The van der Waals surface area contributed by atoms with Crippen molar-refractivity contribution >= 4 is 16.7 Å². The van der Waals surface area contributed by atoms with Gasteiger partial charge in [-0.05, 0) is 24.6 Å². The Morgan fingerprint density at radius 2 is 2.24 bits per heavy atom. The van der Waals surface area contributed by atoms with Gasteiger partial charge in [-0.2, -0.15) is 0 Å². The number of halogens is 1. The Bertz CT molecular complexity index is 592. The molecule has 0 aliphatic rings. The normalized spacial score (nSPS) is 13.0. The number of benzene rings is 1. The minimum atomic E-state index is -0.943. The fourth-order valence-electron chi connectivity index (χ4n) is 1.60. The number of carbonyl (C=O) groups is 1. The summed E-state index contributed by atoms with van der Waals surface area (Å²) in [6, 6.07) is 3.72. The highest BCUT2D eigenvalue weighted by molar-refractivity contribution is 7.84. The van der Waals surface area contributed by atoms with Crippen LogP contribution in [0.2, 0.25) is 0 Å². The quantitative estimate of drug-likeness (QED) is 0.799. The third-order valence-corrected chi connectivity index (χ3v) is 4.30. The fourth-order valence-corrected chi connectivity index (χ4v) is 2.05. The third-order valence-electron chi connectivity index (χ3n) is 2.93. The number of nitrogens with one attached hydrogen (secondary N) is 1. The molecule has 0 saturated carbocycles. The molecule has 114 valence electrons. The van der Waals surface area contributed by atoms with E-state index in [2.05, 4.69) is 17.2 Å². The zero-order valence-corrected chi connectivity index (χ0v) is 12.8. The van der Waals surface area contributed by atoms with Gasteiger partial charge in [0, 0.05) is 34.4 Å². The molecule has 0 heterocycles. The third kappa shape index (κ3) is 5.66. The second-order valence-electron chi connectivity index (χ2n) is 4.50. The van der Waals surface area contributed by atoms with Gasteiger partial charge in [0.25, 0.3) is 5.91 Å². The van der Waals surface area contributed by atoms with Gasteiger partial charge in [-0.1, -0.05) is 18.8 Å². The smallest absolute Gasteiger partial charge is 0.252 e.